The van der Waals surface area contributed by atoms with Gasteiger partial charge >= 0.3 is 0 Å². The van der Waals surface area contributed by atoms with Gasteiger partial charge in [-0.25, -0.2) is 0 Å². The molecule has 0 aliphatic heterocycles. The average Bonchev–Trinajstić information content (AvgIpc) is 2.69. The third-order valence-electron chi connectivity index (χ3n) is 7.09. The molecule has 1 amide bonds. The van der Waals surface area contributed by atoms with Gasteiger partial charge in [0.15, 0.2) is 11.4 Å². The third kappa shape index (κ3) is 2.98. The maximum absolute atomic E-state index is 13.7. The van der Waals surface area contributed by atoms with Crippen molar-refractivity contribution < 1.29 is 34.8 Å². The van der Waals surface area contributed by atoms with E-state index in [-0.39, 0.29) is 34.8 Å². The Labute approximate surface area is 200 Å². The number of carbonyl (C=O) groups excluding carboxylic acids is 3. The number of nitrogens with two attached hydrogens (primary N) is 1. The second-order valence-electron chi connectivity index (χ2n) is 9.44. The third-order valence-corrected chi connectivity index (χ3v) is 7.38. The quantitative estimate of drug-likeness (QED) is 0.382. The van der Waals surface area contributed by atoms with Crippen molar-refractivity contribution >= 4 is 40.5 Å². The molecule has 0 saturated heterocycles. The molecule has 0 aromatic heterocycles. The van der Waals surface area contributed by atoms with Gasteiger partial charge in [0.05, 0.1) is 22.3 Å². The lowest BCUT2D eigenvalue weighted by molar-refractivity contribution is -0.153. The van der Waals surface area contributed by atoms with Gasteiger partial charge in [0.2, 0.25) is 5.78 Å². The lowest BCUT2D eigenvalue weighted by atomic mass is 9.57. The van der Waals surface area contributed by atoms with Crippen LogP contribution < -0.4 is 10.6 Å². The number of amides is 1. The molecule has 34 heavy (non-hydrogen) atoms. The van der Waals surface area contributed by atoms with E-state index in [1.165, 1.54) is 11.0 Å². The number of aliphatic hydroxyl groups is 3. The number of primary amides is 1. The van der Waals surface area contributed by atoms with Crippen molar-refractivity contribution in [1.29, 1.82) is 0 Å². The number of Topliss-reactive ketones (excluding diaryl/α,β-unsaturated/α-hetero) is 2. The summed E-state index contributed by atoms with van der Waals surface area (Å²) in [5.74, 6) is -6.90. The van der Waals surface area contributed by atoms with E-state index >= 15 is 0 Å². The summed E-state index contributed by atoms with van der Waals surface area (Å²) in [6.45, 7) is 0. The van der Waals surface area contributed by atoms with Crippen LogP contribution in [0.3, 0.4) is 0 Å². The zero-order valence-corrected chi connectivity index (χ0v) is 19.8. The fraction of sp³-hybridized carbons (Fsp3) is 0.435. The molecule has 1 fully saturated rings. The van der Waals surface area contributed by atoms with Crippen LogP contribution in [0.25, 0.3) is 5.76 Å². The molecule has 4 atom stereocenters. The van der Waals surface area contributed by atoms with E-state index in [1.54, 1.807) is 33.1 Å². The molecule has 0 bridgehead atoms. The average molecular weight is 492 g/mol. The summed E-state index contributed by atoms with van der Waals surface area (Å²) < 4.78 is 0. The van der Waals surface area contributed by atoms with Crippen LogP contribution in [0.5, 0.6) is 5.75 Å². The van der Waals surface area contributed by atoms with E-state index in [0.717, 1.165) is 0 Å². The Hall–Kier alpha value is -3.08. The van der Waals surface area contributed by atoms with Crippen molar-refractivity contribution in [3.63, 3.8) is 0 Å². The van der Waals surface area contributed by atoms with Crippen molar-refractivity contribution in [3.05, 3.63) is 39.1 Å². The Bertz CT molecular complexity index is 1220. The first kappa shape index (κ1) is 24.1. The summed E-state index contributed by atoms with van der Waals surface area (Å²) >= 11 is 6.35. The number of anilines is 1. The lowest BCUT2D eigenvalue weighted by Crippen LogP contribution is -2.65. The van der Waals surface area contributed by atoms with Crippen molar-refractivity contribution in [2.75, 3.05) is 33.1 Å². The molecule has 1 saturated carbocycles. The minimum Gasteiger partial charge on any atom is -0.508 e. The Kier molecular flexibility index (Phi) is 5.47. The highest BCUT2D eigenvalue weighted by Gasteiger charge is 2.64. The molecular formula is C23H26ClN3O7. The first-order valence-electron chi connectivity index (χ1n) is 10.6. The molecule has 0 heterocycles. The normalized spacial score (nSPS) is 28.6. The Morgan fingerprint density at radius 3 is 2.32 bits per heavy atom. The summed E-state index contributed by atoms with van der Waals surface area (Å²) in [4.78, 5) is 42.0. The zero-order chi connectivity index (χ0) is 25.4. The van der Waals surface area contributed by atoms with Gasteiger partial charge in [-0.2, -0.15) is 0 Å². The fourth-order valence-corrected chi connectivity index (χ4v) is 6.14. The minimum absolute atomic E-state index is 0.00406. The molecule has 1 aromatic rings. The van der Waals surface area contributed by atoms with Gasteiger partial charge in [-0.15, -0.1) is 0 Å². The molecule has 4 unspecified atom stereocenters. The number of halogens is 1. The maximum atomic E-state index is 13.7. The summed E-state index contributed by atoms with van der Waals surface area (Å²) in [6, 6.07) is 0.125. The van der Waals surface area contributed by atoms with Crippen LogP contribution >= 0.6 is 11.6 Å². The van der Waals surface area contributed by atoms with Crippen LogP contribution in [0, 0.1) is 11.8 Å². The minimum atomic E-state index is -2.66. The molecular weight excluding hydrogens is 466 g/mol. The molecule has 0 radical (unpaired) electrons. The zero-order valence-electron chi connectivity index (χ0n) is 19.1. The Morgan fingerprint density at radius 1 is 1.18 bits per heavy atom. The van der Waals surface area contributed by atoms with Crippen LogP contribution in [0.15, 0.2) is 23.0 Å². The van der Waals surface area contributed by atoms with Gasteiger partial charge in [0.25, 0.3) is 5.91 Å². The number of rotatable bonds is 3. The van der Waals surface area contributed by atoms with Crippen LogP contribution in [0.4, 0.5) is 5.69 Å². The van der Waals surface area contributed by atoms with Gasteiger partial charge < -0.3 is 31.1 Å². The van der Waals surface area contributed by atoms with Gasteiger partial charge in [0.1, 0.15) is 22.8 Å². The lowest BCUT2D eigenvalue weighted by Gasteiger charge is -2.50. The molecule has 6 N–H and O–H groups in total. The molecule has 182 valence electrons. The van der Waals surface area contributed by atoms with E-state index in [1.807, 2.05) is 0 Å². The standard InChI is InChI=1S/C23H26ClN3O7/c1-26(2)16-9-5-8-6-10-17(27(3)4)19(30)15(22(25)33)21(32)23(10,34)20(31)13(8)18(29)14(9)12(28)7-11(16)24/h7-8,10,17,28-29,32,34H,5-6H2,1-4H3,(H2,25,33). The number of phenolic OH excluding ortho intramolecular Hbond substituents is 1. The molecule has 1 aromatic carbocycles. The molecule has 10 nitrogen and oxygen atoms in total. The van der Waals surface area contributed by atoms with Crippen molar-refractivity contribution in [2.24, 2.45) is 17.6 Å². The number of nitrogens with zero attached hydrogens (tertiary/aromatic N) is 2. The van der Waals surface area contributed by atoms with Crippen LogP contribution in [-0.4, -0.2) is 82.6 Å². The molecule has 4 rings (SSSR count). The second kappa shape index (κ2) is 7.72. The van der Waals surface area contributed by atoms with Crippen molar-refractivity contribution in [2.45, 2.75) is 24.5 Å². The van der Waals surface area contributed by atoms with Gasteiger partial charge in [-0.1, -0.05) is 11.6 Å². The summed E-state index contributed by atoms with van der Waals surface area (Å²) in [5, 5.41) is 44.3. The number of carbonyl (C=O) groups is 3. The second-order valence-corrected chi connectivity index (χ2v) is 9.84. The van der Waals surface area contributed by atoms with E-state index in [4.69, 9.17) is 17.3 Å². The van der Waals surface area contributed by atoms with Gasteiger partial charge in [0, 0.05) is 31.7 Å². The van der Waals surface area contributed by atoms with Gasteiger partial charge in [-0.05, 0) is 38.4 Å². The predicted octanol–water partition coefficient (Wildman–Crippen LogP) is 0.683. The largest absolute Gasteiger partial charge is 0.508 e. The van der Waals surface area contributed by atoms with E-state index in [2.05, 4.69) is 0 Å². The number of benzene rings is 1. The van der Waals surface area contributed by atoms with Crippen molar-refractivity contribution in [3.8, 4) is 5.75 Å². The number of ketones is 2. The number of aromatic hydroxyl groups is 1. The highest BCUT2D eigenvalue weighted by molar-refractivity contribution is 6.34. The first-order chi connectivity index (χ1) is 15.7. The topological polar surface area (TPSA) is 165 Å². The van der Waals surface area contributed by atoms with E-state index < -0.39 is 58.0 Å². The van der Waals surface area contributed by atoms with Crippen LogP contribution in [-0.2, 0) is 20.8 Å². The summed E-state index contributed by atoms with van der Waals surface area (Å²) in [7, 11) is 6.59. The number of hydrogen-bond acceptors (Lipinski definition) is 9. The monoisotopic (exact) mass is 491 g/mol. The Balaban J connectivity index is 2.01. The van der Waals surface area contributed by atoms with E-state index in [9.17, 15) is 34.8 Å². The fourth-order valence-electron chi connectivity index (χ4n) is 5.76. The molecule has 0 spiro atoms. The number of likely N-dealkylation sites (N-methyl/N-ethyl adjacent to an activating group) is 1. The van der Waals surface area contributed by atoms with Crippen LogP contribution in [0.1, 0.15) is 17.5 Å². The highest BCUT2D eigenvalue weighted by atomic mass is 35.5. The molecule has 3 aliphatic carbocycles. The summed E-state index contributed by atoms with van der Waals surface area (Å²) in [5.41, 5.74) is 2.68. The number of fused-ring (bicyclic) bond motifs is 3. The summed E-state index contributed by atoms with van der Waals surface area (Å²) in [6.07, 6.45) is 0.197. The number of aliphatic hydroxyl groups excluding tert-OH is 2. The first-order valence-corrected chi connectivity index (χ1v) is 11.0. The maximum Gasteiger partial charge on any atom is 0.255 e. The Morgan fingerprint density at radius 2 is 1.79 bits per heavy atom. The smallest absolute Gasteiger partial charge is 0.255 e. The van der Waals surface area contributed by atoms with Crippen molar-refractivity contribution in [1.82, 2.24) is 4.90 Å². The SMILES string of the molecule is CN(C)c1c(Cl)cc(O)c2c1CC1CC3C(N(C)C)C(=O)C(C(N)=O)=C(O)C3(O)C(=O)C1=C2O. The molecule has 3 aliphatic rings. The van der Waals surface area contributed by atoms with Crippen LogP contribution in [0.2, 0.25) is 5.02 Å². The number of hydrogen-bond donors (Lipinski definition) is 5. The van der Waals surface area contributed by atoms with Gasteiger partial charge in [-0.3, -0.25) is 19.3 Å². The van der Waals surface area contributed by atoms with E-state index in [0.29, 0.717) is 11.3 Å². The molecule has 11 heteroatoms. The number of phenols is 1. The highest BCUT2D eigenvalue weighted by Crippen LogP contribution is 2.54. The predicted molar refractivity (Wildman–Crippen MR) is 124 cm³/mol.